The standard InChI is InChI=1S/C14H24N2O2/c1-6-8-15(9-7-2)12-10-16(11-12)13(17)18-14(3,4)5/h6-7,12H,1-2,8-11H2,3-5H3. The molecule has 0 aromatic carbocycles. The van der Waals surface area contributed by atoms with Crippen molar-refractivity contribution in [2.45, 2.75) is 32.4 Å². The van der Waals surface area contributed by atoms with Crippen LogP contribution >= 0.6 is 0 Å². The summed E-state index contributed by atoms with van der Waals surface area (Å²) in [5.74, 6) is 0. The molecule has 0 saturated carbocycles. The van der Waals surface area contributed by atoms with Crippen LogP contribution in [0.15, 0.2) is 25.3 Å². The minimum absolute atomic E-state index is 0.226. The fourth-order valence-corrected chi connectivity index (χ4v) is 1.87. The molecule has 4 nitrogen and oxygen atoms in total. The SMILES string of the molecule is C=CCN(CC=C)C1CN(C(=O)OC(C)(C)C)C1. The maximum Gasteiger partial charge on any atom is 0.410 e. The Hall–Kier alpha value is -1.29. The lowest BCUT2D eigenvalue weighted by Crippen LogP contribution is -2.61. The molecule has 0 atom stereocenters. The molecule has 0 aromatic heterocycles. The van der Waals surface area contributed by atoms with E-state index in [9.17, 15) is 4.79 Å². The summed E-state index contributed by atoms with van der Waals surface area (Å²) in [4.78, 5) is 15.8. The Morgan fingerprint density at radius 2 is 1.83 bits per heavy atom. The van der Waals surface area contributed by atoms with E-state index in [4.69, 9.17) is 4.74 Å². The first-order valence-electron chi connectivity index (χ1n) is 6.31. The van der Waals surface area contributed by atoms with Gasteiger partial charge in [-0.25, -0.2) is 4.79 Å². The van der Waals surface area contributed by atoms with E-state index >= 15 is 0 Å². The highest BCUT2D eigenvalue weighted by atomic mass is 16.6. The van der Waals surface area contributed by atoms with Gasteiger partial charge in [0.05, 0.1) is 0 Å². The lowest BCUT2D eigenvalue weighted by molar-refractivity contribution is -0.0114. The molecule has 0 aliphatic carbocycles. The van der Waals surface area contributed by atoms with E-state index in [1.807, 2.05) is 32.9 Å². The number of ether oxygens (including phenoxy) is 1. The fraction of sp³-hybridized carbons (Fsp3) is 0.643. The average Bonchev–Trinajstić information content (AvgIpc) is 2.12. The summed E-state index contributed by atoms with van der Waals surface area (Å²) in [5.41, 5.74) is -0.426. The Morgan fingerprint density at radius 1 is 1.33 bits per heavy atom. The van der Waals surface area contributed by atoms with Crippen LogP contribution in [0.4, 0.5) is 4.79 Å². The van der Waals surface area contributed by atoms with Crippen molar-refractivity contribution in [1.29, 1.82) is 0 Å². The summed E-state index contributed by atoms with van der Waals surface area (Å²) >= 11 is 0. The van der Waals surface area contributed by atoms with Gasteiger partial charge in [0.1, 0.15) is 5.60 Å². The summed E-state index contributed by atoms with van der Waals surface area (Å²) in [6.07, 6.45) is 3.52. The van der Waals surface area contributed by atoms with E-state index in [-0.39, 0.29) is 6.09 Å². The molecule has 0 N–H and O–H groups in total. The lowest BCUT2D eigenvalue weighted by atomic mass is 10.1. The fourth-order valence-electron chi connectivity index (χ4n) is 1.87. The van der Waals surface area contributed by atoms with Crippen molar-refractivity contribution in [3.8, 4) is 0 Å². The van der Waals surface area contributed by atoms with Crippen molar-refractivity contribution >= 4 is 6.09 Å². The number of nitrogens with zero attached hydrogens (tertiary/aromatic N) is 2. The molecule has 0 radical (unpaired) electrons. The Kier molecular flexibility index (Phi) is 4.96. The Labute approximate surface area is 110 Å². The quantitative estimate of drug-likeness (QED) is 0.704. The van der Waals surface area contributed by atoms with Crippen LogP contribution in [0, 0.1) is 0 Å². The zero-order valence-electron chi connectivity index (χ0n) is 11.7. The van der Waals surface area contributed by atoms with Crippen molar-refractivity contribution in [3.63, 3.8) is 0 Å². The predicted molar refractivity (Wildman–Crippen MR) is 73.6 cm³/mol. The van der Waals surface area contributed by atoms with Crippen LogP contribution in [0.25, 0.3) is 0 Å². The van der Waals surface area contributed by atoms with E-state index in [0.29, 0.717) is 6.04 Å². The van der Waals surface area contributed by atoms with Crippen molar-refractivity contribution in [2.24, 2.45) is 0 Å². The molecule has 1 saturated heterocycles. The Morgan fingerprint density at radius 3 is 2.22 bits per heavy atom. The van der Waals surface area contributed by atoms with Crippen LogP contribution in [0.3, 0.4) is 0 Å². The van der Waals surface area contributed by atoms with Crippen LogP contribution in [-0.2, 0) is 4.74 Å². The molecule has 1 rings (SSSR count). The van der Waals surface area contributed by atoms with Crippen LogP contribution in [0.1, 0.15) is 20.8 Å². The highest BCUT2D eigenvalue weighted by molar-refractivity contribution is 5.69. The normalized spacial score (nSPS) is 16.3. The largest absolute Gasteiger partial charge is 0.444 e. The summed E-state index contributed by atoms with van der Waals surface area (Å²) in [6, 6.07) is 0.383. The van der Waals surface area contributed by atoms with Crippen molar-refractivity contribution in [2.75, 3.05) is 26.2 Å². The molecule has 1 heterocycles. The third kappa shape index (κ3) is 4.18. The summed E-state index contributed by atoms with van der Waals surface area (Å²) in [6.45, 7) is 16.2. The van der Waals surface area contributed by atoms with Gasteiger partial charge in [-0.05, 0) is 20.8 Å². The first-order chi connectivity index (χ1) is 8.37. The van der Waals surface area contributed by atoms with E-state index < -0.39 is 5.60 Å². The van der Waals surface area contributed by atoms with Crippen molar-refractivity contribution < 1.29 is 9.53 Å². The zero-order chi connectivity index (χ0) is 13.8. The molecule has 0 unspecified atom stereocenters. The van der Waals surface area contributed by atoms with Gasteiger partial charge in [-0.2, -0.15) is 0 Å². The molecular formula is C14H24N2O2. The molecule has 1 aliphatic rings. The number of rotatable bonds is 5. The monoisotopic (exact) mass is 252 g/mol. The lowest BCUT2D eigenvalue weighted by Gasteiger charge is -2.44. The highest BCUT2D eigenvalue weighted by Crippen LogP contribution is 2.18. The molecule has 4 heteroatoms. The summed E-state index contributed by atoms with van der Waals surface area (Å²) < 4.78 is 5.32. The van der Waals surface area contributed by atoms with Gasteiger partial charge in [0.25, 0.3) is 0 Å². The van der Waals surface area contributed by atoms with Gasteiger partial charge in [-0.1, -0.05) is 12.2 Å². The molecule has 0 bridgehead atoms. The van der Waals surface area contributed by atoms with Gasteiger partial charge in [-0.15, -0.1) is 13.2 Å². The molecule has 1 fully saturated rings. The number of amides is 1. The number of hydrogen-bond donors (Lipinski definition) is 0. The molecule has 0 aromatic rings. The van der Waals surface area contributed by atoms with Gasteiger partial charge >= 0.3 is 6.09 Å². The topological polar surface area (TPSA) is 32.8 Å². The van der Waals surface area contributed by atoms with Crippen LogP contribution in [-0.4, -0.2) is 53.7 Å². The van der Waals surface area contributed by atoms with Gasteiger partial charge in [0, 0.05) is 32.2 Å². The molecular weight excluding hydrogens is 228 g/mol. The van der Waals surface area contributed by atoms with E-state index in [1.165, 1.54) is 0 Å². The van der Waals surface area contributed by atoms with Crippen molar-refractivity contribution in [1.82, 2.24) is 9.80 Å². The van der Waals surface area contributed by atoms with Crippen LogP contribution < -0.4 is 0 Å². The zero-order valence-corrected chi connectivity index (χ0v) is 11.7. The molecule has 1 aliphatic heterocycles. The van der Waals surface area contributed by atoms with Gasteiger partial charge < -0.3 is 9.64 Å². The van der Waals surface area contributed by atoms with E-state index in [2.05, 4.69) is 18.1 Å². The maximum absolute atomic E-state index is 11.8. The third-order valence-electron chi connectivity index (χ3n) is 2.76. The smallest absolute Gasteiger partial charge is 0.410 e. The molecule has 1 amide bonds. The molecule has 102 valence electrons. The average molecular weight is 252 g/mol. The Balaban J connectivity index is 2.40. The number of likely N-dealkylation sites (tertiary alicyclic amines) is 1. The third-order valence-corrected chi connectivity index (χ3v) is 2.76. The molecule has 18 heavy (non-hydrogen) atoms. The van der Waals surface area contributed by atoms with E-state index in [0.717, 1.165) is 26.2 Å². The second-order valence-corrected chi connectivity index (χ2v) is 5.57. The maximum atomic E-state index is 11.8. The number of carbonyl (C=O) groups excluding carboxylic acids is 1. The Bertz CT molecular complexity index is 304. The van der Waals surface area contributed by atoms with Crippen molar-refractivity contribution in [3.05, 3.63) is 25.3 Å². The molecule has 0 spiro atoms. The minimum Gasteiger partial charge on any atom is -0.444 e. The van der Waals surface area contributed by atoms with Gasteiger partial charge in [0.15, 0.2) is 0 Å². The van der Waals surface area contributed by atoms with Gasteiger partial charge in [0.2, 0.25) is 0 Å². The first-order valence-corrected chi connectivity index (χ1v) is 6.31. The highest BCUT2D eigenvalue weighted by Gasteiger charge is 2.36. The summed E-state index contributed by atoms with van der Waals surface area (Å²) in [7, 11) is 0. The van der Waals surface area contributed by atoms with Gasteiger partial charge in [-0.3, -0.25) is 4.90 Å². The first kappa shape index (κ1) is 14.8. The summed E-state index contributed by atoms with van der Waals surface area (Å²) in [5, 5.41) is 0. The second-order valence-electron chi connectivity index (χ2n) is 5.57. The number of hydrogen-bond acceptors (Lipinski definition) is 3. The van der Waals surface area contributed by atoms with E-state index in [1.54, 1.807) is 4.90 Å². The minimum atomic E-state index is -0.426. The number of carbonyl (C=O) groups is 1. The van der Waals surface area contributed by atoms with Crippen LogP contribution in [0.2, 0.25) is 0 Å². The second kappa shape index (κ2) is 6.05. The van der Waals surface area contributed by atoms with Crippen LogP contribution in [0.5, 0.6) is 0 Å². The predicted octanol–water partition coefficient (Wildman–Crippen LogP) is 2.28.